The van der Waals surface area contributed by atoms with Gasteiger partial charge in [-0.3, -0.25) is 4.79 Å². The first-order valence-corrected chi connectivity index (χ1v) is 7.36. The highest BCUT2D eigenvalue weighted by Crippen LogP contribution is 2.26. The molecule has 0 saturated carbocycles. The number of halogens is 2. The number of nitrogens with two attached hydrogens (primary N) is 1. The van der Waals surface area contributed by atoms with Crippen molar-refractivity contribution in [2.75, 3.05) is 17.7 Å². The van der Waals surface area contributed by atoms with E-state index in [1.807, 2.05) is 12.1 Å². The summed E-state index contributed by atoms with van der Waals surface area (Å²) < 4.78 is 7.10. The van der Waals surface area contributed by atoms with Crippen molar-refractivity contribution in [1.82, 2.24) is 0 Å². The van der Waals surface area contributed by atoms with E-state index in [2.05, 4.69) is 37.2 Å². The third kappa shape index (κ3) is 4.25. The molecule has 0 fully saturated rings. The Morgan fingerprint density at radius 1 is 1.15 bits per heavy atom. The number of benzene rings is 2. The minimum atomic E-state index is -0.232. The lowest BCUT2D eigenvalue weighted by atomic mass is 10.3. The summed E-state index contributed by atoms with van der Waals surface area (Å²) >= 11 is 6.73. The van der Waals surface area contributed by atoms with E-state index in [9.17, 15) is 4.79 Å². The molecular weight excluding hydrogens is 388 g/mol. The van der Waals surface area contributed by atoms with Crippen LogP contribution in [0.4, 0.5) is 11.4 Å². The van der Waals surface area contributed by atoms with Gasteiger partial charge in [0.15, 0.2) is 6.61 Å². The molecule has 0 spiro atoms. The molecule has 0 radical (unpaired) electrons. The highest BCUT2D eigenvalue weighted by Gasteiger charge is 2.07. The van der Waals surface area contributed by atoms with Gasteiger partial charge in [-0.25, -0.2) is 0 Å². The molecule has 0 aliphatic heterocycles. The fraction of sp³-hybridized carbons (Fsp3) is 0.0714. The normalized spacial score (nSPS) is 10.1. The number of hydrogen-bond acceptors (Lipinski definition) is 3. The summed E-state index contributed by atoms with van der Waals surface area (Å²) in [5, 5.41) is 2.76. The molecule has 0 aliphatic carbocycles. The lowest BCUT2D eigenvalue weighted by Gasteiger charge is -2.09. The van der Waals surface area contributed by atoms with Gasteiger partial charge in [-0.1, -0.05) is 15.9 Å². The van der Waals surface area contributed by atoms with Crippen LogP contribution in [0.1, 0.15) is 0 Å². The van der Waals surface area contributed by atoms with Gasteiger partial charge in [-0.15, -0.1) is 0 Å². The standard InChI is InChI=1S/C14H12Br2N2O2/c15-9-1-6-13(12(16)7-9)18-14(19)8-20-11-4-2-10(17)3-5-11/h1-7H,8,17H2,(H,18,19). The summed E-state index contributed by atoms with van der Waals surface area (Å²) in [4.78, 5) is 11.8. The van der Waals surface area contributed by atoms with Gasteiger partial charge in [-0.05, 0) is 58.4 Å². The fourth-order valence-corrected chi connectivity index (χ4v) is 2.64. The molecule has 20 heavy (non-hydrogen) atoms. The molecule has 0 aliphatic rings. The van der Waals surface area contributed by atoms with E-state index >= 15 is 0 Å². The molecule has 0 atom stereocenters. The molecule has 0 unspecified atom stereocenters. The van der Waals surface area contributed by atoms with Gasteiger partial charge in [0.05, 0.1) is 5.69 Å². The SMILES string of the molecule is Nc1ccc(OCC(=O)Nc2ccc(Br)cc2Br)cc1. The number of nitrogen functional groups attached to an aromatic ring is 1. The van der Waals surface area contributed by atoms with Crippen LogP contribution in [0.25, 0.3) is 0 Å². The number of nitrogens with one attached hydrogen (secondary N) is 1. The van der Waals surface area contributed by atoms with Gasteiger partial charge in [0, 0.05) is 14.6 Å². The van der Waals surface area contributed by atoms with Crippen LogP contribution < -0.4 is 15.8 Å². The van der Waals surface area contributed by atoms with Crippen molar-refractivity contribution in [3.8, 4) is 5.75 Å². The second-order valence-electron chi connectivity index (χ2n) is 4.03. The van der Waals surface area contributed by atoms with Crippen molar-refractivity contribution in [3.05, 3.63) is 51.4 Å². The number of amides is 1. The minimum Gasteiger partial charge on any atom is -0.484 e. The van der Waals surface area contributed by atoms with Gasteiger partial charge >= 0.3 is 0 Å². The maximum absolute atomic E-state index is 11.8. The molecule has 2 aromatic rings. The number of hydrogen-bond donors (Lipinski definition) is 2. The predicted molar refractivity (Wildman–Crippen MR) is 86.8 cm³/mol. The van der Waals surface area contributed by atoms with E-state index in [0.29, 0.717) is 17.1 Å². The molecule has 0 aromatic heterocycles. The Morgan fingerprint density at radius 2 is 1.85 bits per heavy atom. The summed E-state index contributed by atoms with van der Waals surface area (Å²) in [7, 11) is 0. The zero-order chi connectivity index (χ0) is 14.5. The Balaban J connectivity index is 1.90. The third-order valence-corrected chi connectivity index (χ3v) is 3.60. The van der Waals surface area contributed by atoms with Crippen molar-refractivity contribution in [1.29, 1.82) is 0 Å². The van der Waals surface area contributed by atoms with Gasteiger partial charge in [0.25, 0.3) is 5.91 Å². The lowest BCUT2D eigenvalue weighted by molar-refractivity contribution is -0.118. The lowest BCUT2D eigenvalue weighted by Crippen LogP contribution is -2.20. The number of ether oxygens (including phenoxy) is 1. The highest BCUT2D eigenvalue weighted by atomic mass is 79.9. The van der Waals surface area contributed by atoms with Crippen LogP contribution in [-0.2, 0) is 4.79 Å². The summed E-state index contributed by atoms with van der Waals surface area (Å²) in [6.45, 7) is -0.0631. The molecular formula is C14H12Br2N2O2. The van der Waals surface area contributed by atoms with Gasteiger partial charge < -0.3 is 15.8 Å². The Labute approximate surface area is 133 Å². The molecule has 1 amide bonds. The number of rotatable bonds is 4. The zero-order valence-electron chi connectivity index (χ0n) is 10.4. The number of anilines is 2. The quantitative estimate of drug-likeness (QED) is 0.768. The topological polar surface area (TPSA) is 64.3 Å². The van der Waals surface area contributed by atoms with E-state index < -0.39 is 0 Å². The van der Waals surface area contributed by atoms with Crippen molar-refractivity contribution >= 4 is 49.1 Å². The largest absolute Gasteiger partial charge is 0.484 e. The molecule has 4 nitrogen and oxygen atoms in total. The Morgan fingerprint density at radius 3 is 2.50 bits per heavy atom. The van der Waals surface area contributed by atoms with E-state index in [1.165, 1.54) is 0 Å². The van der Waals surface area contributed by atoms with Crippen LogP contribution in [0.3, 0.4) is 0 Å². The number of carbonyl (C=O) groups excluding carboxylic acids is 1. The Bertz CT molecular complexity index is 615. The van der Waals surface area contributed by atoms with Crippen molar-refractivity contribution in [3.63, 3.8) is 0 Å². The maximum atomic E-state index is 11.8. The first-order valence-electron chi connectivity index (χ1n) is 5.78. The van der Waals surface area contributed by atoms with E-state index in [0.717, 1.165) is 8.95 Å². The molecule has 6 heteroatoms. The van der Waals surface area contributed by atoms with Crippen LogP contribution >= 0.6 is 31.9 Å². The van der Waals surface area contributed by atoms with E-state index in [-0.39, 0.29) is 12.5 Å². The maximum Gasteiger partial charge on any atom is 0.262 e. The number of carbonyl (C=O) groups is 1. The second-order valence-corrected chi connectivity index (χ2v) is 5.80. The molecule has 0 bridgehead atoms. The van der Waals surface area contributed by atoms with Crippen LogP contribution in [0.2, 0.25) is 0 Å². The molecule has 0 heterocycles. The van der Waals surface area contributed by atoms with E-state index in [4.69, 9.17) is 10.5 Å². The van der Waals surface area contributed by atoms with Crippen molar-refractivity contribution < 1.29 is 9.53 Å². The average Bonchev–Trinajstić information content (AvgIpc) is 2.41. The summed E-state index contributed by atoms with van der Waals surface area (Å²) in [5.41, 5.74) is 6.92. The summed E-state index contributed by atoms with van der Waals surface area (Å²) in [6, 6.07) is 12.4. The summed E-state index contributed by atoms with van der Waals surface area (Å²) in [5.74, 6) is 0.370. The first-order chi connectivity index (χ1) is 9.54. The van der Waals surface area contributed by atoms with Gasteiger partial charge in [0.1, 0.15) is 5.75 Å². The monoisotopic (exact) mass is 398 g/mol. The highest BCUT2D eigenvalue weighted by molar-refractivity contribution is 9.11. The smallest absolute Gasteiger partial charge is 0.262 e. The van der Waals surface area contributed by atoms with Crippen LogP contribution in [-0.4, -0.2) is 12.5 Å². The summed E-state index contributed by atoms with van der Waals surface area (Å²) in [6.07, 6.45) is 0. The predicted octanol–water partition coefficient (Wildman–Crippen LogP) is 3.81. The van der Waals surface area contributed by atoms with Crippen molar-refractivity contribution in [2.24, 2.45) is 0 Å². The molecule has 2 rings (SSSR count). The van der Waals surface area contributed by atoms with Crippen LogP contribution in [0.15, 0.2) is 51.4 Å². The molecule has 0 saturated heterocycles. The fourth-order valence-electron chi connectivity index (χ4n) is 1.49. The van der Waals surface area contributed by atoms with Gasteiger partial charge in [0.2, 0.25) is 0 Å². The first kappa shape index (κ1) is 14.9. The average molecular weight is 400 g/mol. The second kappa shape index (κ2) is 6.76. The third-order valence-electron chi connectivity index (χ3n) is 2.46. The Kier molecular flexibility index (Phi) is 5.03. The molecule has 2 aromatic carbocycles. The molecule has 3 N–H and O–H groups in total. The van der Waals surface area contributed by atoms with E-state index in [1.54, 1.807) is 30.3 Å². The minimum absolute atomic E-state index is 0.0631. The Hall–Kier alpha value is -1.53. The zero-order valence-corrected chi connectivity index (χ0v) is 13.6. The van der Waals surface area contributed by atoms with Crippen LogP contribution in [0, 0.1) is 0 Å². The van der Waals surface area contributed by atoms with Crippen molar-refractivity contribution in [2.45, 2.75) is 0 Å². The van der Waals surface area contributed by atoms with Crippen LogP contribution in [0.5, 0.6) is 5.75 Å². The van der Waals surface area contributed by atoms with Gasteiger partial charge in [-0.2, -0.15) is 0 Å². The molecule has 104 valence electrons.